The van der Waals surface area contributed by atoms with Gasteiger partial charge in [-0.2, -0.15) is 0 Å². The molecule has 0 radical (unpaired) electrons. The Bertz CT molecular complexity index is 408. The lowest BCUT2D eigenvalue weighted by Crippen LogP contribution is -2.37. The van der Waals surface area contributed by atoms with Crippen molar-refractivity contribution in [2.75, 3.05) is 11.9 Å². The van der Waals surface area contributed by atoms with Gasteiger partial charge in [-0.05, 0) is 53.6 Å². The molecule has 0 fully saturated rings. The van der Waals surface area contributed by atoms with E-state index in [9.17, 15) is 4.79 Å². The summed E-state index contributed by atoms with van der Waals surface area (Å²) in [5.41, 5.74) is 0.789. The Kier molecular flexibility index (Phi) is 6.78. The molecular weight excluding hydrogens is 363 g/mol. The Morgan fingerprint density at radius 1 is 1.39 bits per heavy atom. The molecule has 100 valence electrons. The smallest absolute Gasteiger partial charge is 0.239 e. The predicted molar refractivity (Wildman–Crippen MR) is 85.2 cm³/mol. The van der Waals surface area contributed by atoms with Crippen LogP contribution in [0.4, 0.5) is 5.69 Å². The monoisotopic (exact) mass is 380 g/mol. The van der Waals surface area contributed by atoms with Crippen LogP contribution in [0.1, 0.15) is 26.7 Å². The summed E-state index contributed by atoms with van der Waals surface area (Å²) in [6.07, 6.45) is 1.90. The van der Waals surface area contributed by atoms with Gasteiger partial charge in [-0.25, -0.2) is 0 Å². The standard InChI is InChI=1S/C13H18ClIN2O/c1-3-10(4-2)17-13(18)8-16-12-6-5-9(15)7-11(12)14/h5-7,10,16H,3-4,8H2,1-2H3,(H,17,18). The van der Waals surface area contributed by atoms with Crippen LogP contribution >= 0.6 is 34.2 Å². The minimum absolute atomic E-state index is 0.00156. The molecule has 0 saturated carbocycles. The molecule has 5 heteroatoms. The van der Waals surface area contributed by atoms with E-state index in [1.807, 2.05) is 18.2 Å². The van der Waals surface area contributed by atoms with Gasteiger partial charge in [0.15, 0.2) is 0 Å². The van der Waals surface area contributed by atoms with Gasteiger partial charge < -0.3 is 10.6 Å². The fraction of sp³-hybridized carbons (Fsp3) is 0.462. The van der Waals surface area contributed by atoms with Crippen molar-refractivity contribution in [1.29, 1.82) is 0 Å². The molecule has 0 aliphatic rings. The maximum atomic E-state index is 11.7. The largest absolute Gasteiger partial charge is 0.375 e. The average molecular weight is 381 g/mol. The summed E-state index contributed by atoms with van der Waals surface area (Å²) in [6, 6.07) is 5.96. The van der Waals surface area contributed by atoms with E-state index >= 15 is 0 Å². The molecule has 0 heterocycles. The fourth-order valence-electron chi connectivity index (χ4n) is 1.58. The number of carbonyl (C=O) groups excluding carboxylic acids is 1. The molecule has 0 saturated heterocycles. The van der Waals surface area contributed by atoms with Crippen LogP contribution in [-0.4, -0.2) is 18.5 Å². The second-order valence-corrected chi connectivity index (χ2v) is 5.71. The highest BCUT2D eigenvalue weighted by molar-refractivity contribution is 14.1. The Morgan fingerprint density at radius 3 is 2.61 bits per heavy atom. The first-order chi connectivity index (χ1) is 8.56. The lowest BCUT2D eigenvalue weighted by Gasteiger charge is -2.15. The normalized spacial score (nSPS) is 10.5. The van der Waals surface area contributed by atoms with E-state index in [0.717, 1.165) is 22.1 Å². The van der Waals surface area contributed by atoms with Crippen molar-refractivity contribution in [3.63, 3.8) is 0 Å². The molecule has 0 aliphatic carbocycles. The van der Waals surface area contributed by atoms with Gasteiger partial charge in [0.2, 0.25) is 5.91 Å². The van der Waals surface area contributed by atoms with E-state index in [0.29, 0.717) is 5.02 Å². The third-order valence-electron chi connectivity index (χ3n) is 2.72. The fourth-order valence-corrected chi connectivity index (χ4v) is 2.50. The van der Waals surface area contributed by atoms with Crippen molar-refractivity contribution in [1.82, 2.24) is 5.32 Å². The number of nitrogens with one attached hydrogen (secondary N) is 2. The minimum Gasteiger partial charge on any atom is -0.375 e. The summed E-state index contributed by atoms with van der Waals surface area (Å²) in [6.45, 7) is 4.38. The summed E-state index contributed by atoms with van der Waals surface area (Å²) in [4.78, 5) is 11.7. The van der Waals surface area contributed by atoms with Crippen LogP contribution in [0.5, 0.6) is 0 Å². The molecule has 1 rings (SSSR count). The summed E-state index contributed by atoms with van der Waals surface area (Å²) in [5, 5.41) is 6.65. The topological polar surface area (TPSA) is 41.1 Å². The third-order valence-corrected chi connectivity index (χ3v) is 3.70. The number of anilines is 1. The molecule has 2 N–H and O–H groups in total. The molecule has 0 unspecified atom stereocenters. The maximum Gasteiger partial charge on any atom is 0.239 e. The van der Waals surface area contributed by atoms with Gasteiger partial charge in [0.05, 0.1) is 17.3 Å². The molecule has 0 aliphatic heterocycles. The van der Waals surface area contributed by atoms with E-state index < -0.39 is 0 Å². The molecule has 18 heavy (non-hydrogen) atoms. The summed E-state index contributed by atoms with van der Waals surface area (Å²) < 4.78 is 1.07. The summed E-state index contributed by atoms with van der Waals surface area (Å²) in [5.74, 6) is -0.00156. The first-order valence-electron chi connectivity index (χ1n) is 6.05. The van der Waals surface area contributed by atoms with Crippen molar-refractivity contribution < 1.29 is 4.79 Å². The third kappa shape index (κ3) is 5.02. The molecule has 1 amide bonds. The Hall–Kier alpha value is -0.490. The van der Waals surface area contributed by atoms with Gasteiger partial charge in [-0.3, -0.25) is 4.79 Å². The Morgan fingerprint density at radius 2 is 2.06 bits per heavy atom. The Balaban J connectivity index is 2.47. The van der Waals surface area contributed by atoms with Crippen LogP contribution in [0, 0.1) is 3.57 Å². The molecule has 3 nitrogen and oxygen atoms in total. The molecule has 1 aromatic carbocycles. The number of halogens is 2. The first kappa shape index (κ1) is 15.6. The minimum atomic E-state index is -0.00156. The SMILES string of the molecule is CCC(CC)NC(=O)CNc1ccc(I)cc1Cl. The molecule has 0 atom stereocenters. The highest BCUT2D eigenvalue weighted by Crippen LogP contribution is 2.23. The van der Waals surface area contributed by atoms with E-state index in [1.165, 1.54) is 0 Å². The second-order valence-electron chi connectivity index (χ2n) is 4.06. The van der Waals surface area contributed by atoms with Crippen molar-refractivity contribution >= 4 is 45.8 Å². The number of amides is 1. The van der Waals surface area contributed by atoms with Crippen molar-refractivity contribution in [3.8, 4) is 0 Å². The van der Waals surface area contributed by atoms with Crippen LogP contribution < -0.4 is 10.6 Å². The molecule has 0 aromatic heterocycles. The molecule has 1 aromatic rings. The van der Waals surface area contributed by atoms with Crippen molar-refractivity contribution in [3.05, 3.63) is 26.8 Å². The molecule has 0 spiro atoms. The van der Waals surface area contributed by atoms with Crippen molar-refractivity contribution in [2.45, 2.75) is 32.7 Å². The lowest BCUT2D eigenvalue weighted by molar-refractivity contribution is -0.120. The van der Waals surface area contributed by atoms with Gasteiger partial charge >= 0.3 is 0 Å². The van der Waals surface area contributed by atoms with Crippen LogP contribution in [-0.2, 0) is 4.79 Å². The van der Waals surface area contributed by atoms with Gasteiger partial charge in [-0.15, -0.1) is 0 Å². The zero-order valence-corrected chi connectivity index (χ0v) is 13.5. The van der Waals surface area contributed by atoms with Gasteiger partial charge in [0, 0.05) is 9.61 Å². The number of hydrogen-bond donors (Lipinski definition) is 2. The lowest BCUT2D eigenvalue weighted by atomic mass is 10.2. The van der Waals surface area contributed by atoms with Crippen LogP contribution in [0.25, 0.3) is 0 Å². The zero-order chi connectivity index (χ0) is 13.5. The van der Waals surface area contributed by atoms with E-state index in [2.05, 4.69) is 47.1 Å². The predicted octanol–water partition coefficient (Wildman–Crippen LogP) is 3.66. The Labute approximate surface area is 127 Å². The van der Waals surface area contributed by atoms with Crippen LogP contribution in [0.3, 0.4) is 0 Å². The van der Waals surface area contributed by atoms with Crippen molar-refractivity contribution in [2.24, 2.45) is 0 Å². The highest BCUT2D eigenvalue weighted by atomic mass is 127. The molecule has 0 bridgehead atoms. The van der Waals surface area contributed by atoms with Crippen LogP contribution in [0.2, 0.25) is 5.02 Å². The first-order valence-corrected chi connectivity index (χ1v) is 7.50. The zero-order valence-electron chi connectivity index (χ0n) is 10.6. The number of hydrogen-bond acceptors (Lipinski definition) is 2. The number of benzene rings is 1. The van der Waals surface area contributed by atoms with E-state index in [1.54, 1.807) is 0 Å². The van der Waals surface area contributed by atoms with E-state index in [-0.39, 0.29) is 18.5 Å². The second kappa shape index (κ2) is 7.84. The quantitative estimate of drug-likeness (QED) is 0.740. The average Bonchev–Trinajstić information content (AvgIpc) is 2.35. The highest BCUT2D eigenvalue weighted by Gasteiger charge is 2.08. The number of rotatable bonds is 6. The molecular formula is C13H18ClIN2O. The summed E-state index contributed by atoms with van der Waals surface area (Å²) in [7, 11) is 0. The summed E-state index contributed by atoms with van der Waals surface area (Å²) >= 11 is 8.27. The van der Waals surface area contributed by atoms with Gasteiger partial charge in [0.25, 0.3) is 0 Å². The number of carbonyl (C=O) groups is 1. The van der Waals surface area contributed by atoms with E-state index in [4.69, 9.17) is 11.6 Å². The van der Waals surface area contributed by atoms with Gasteiger partial charge in [0.1, 0.15) is 0 Å². The van der Waals surface area contributed by atoms with Gasteiger partial charge in [-0.1, -0.05) is 25.4 Å². The maximum absolute atomic E-state index is 11.7. The van der Waals surface area contributed by atoms with Crippen LogP contribution in [0.15, 0.2) is 18.2 Å².